The van der Waals surface area contributed by atoms with Crippen molar-refractivity contribution in [2.24, 2.45) is 5.92 Å². The highest BCUT2D eigenvalue weighted by Crippen LogP contribution is 2.42. The standard InChI is InChI=1S/C15H16O2/c1-17-13-6-7-14-11(8-13)3-2-10-4-5-12(16)9-15(10)14/h4-8,10,15H,2-3,9H2,1H3. The normalized spacial score (nSPS) is 26.3. The van der Waals surface area contributed by atoms with Crippen molar-refractivity contribution >= 4 is 5.78 Å². The van der Waals surface area contributed by atoms with Crippen molar-refractivity contribution in [1.29, 1.82) is 0 Å². The summed E-state index contributed by atoms with van der Waals surface area (Å²) in [5, 5.41) is 0. The number of fused-ring (bicyclic) bond motifs is 3. The molecule has 2 aliphatic rings. The predicted molar refractivity (Wildman–Crippen MR) is 66.3 cm³/mol. The molecule has 2 atom stereocenters. The summed E-state index contributed by atoms with van der Waals surface area (Å²) in [6.07, 6.45) is 6.76. The van der Waals surface area contributed by atoms with E-state index in [1.165, 1.54) is 11.1 Å². The molecular weight excluding hydrogens is 212 g/mol. The van der Waals surface area contributed by atoms with E-state index in [-0.39, 0.29) is 5.78 Å². The average Bonchev–Trinajstić information content (AvgIpc) is 2.37. The van der Waals surface area contributed by atoms with Crippen molar-refractivity contribution in [3.63, 3.8) is 0 Å². The lowest BCUT2D eigenvalue weighted by Gasteiger charge is -2.33. The summed E-state index contributed by atoms with van der Waals surface area (Å²) in [7, 11) is 1.69. The summed E-state index contributed by atoms with van der Waals surface area (Å²) in [6, 6.07) is 6.26. The van der Waals surface area contributed by atoms with E-state index in [0.717, 1.165) is 18.6 Å². The summed E-state index contributed by atoms with van der Waals surface area (Å²) in [4.78, 5) is 11.5. The molecule has 0 spiro atoms. The Morgan fingerprint density at radius 1 is 1.35 bits per heavy atom. The molecule has 0 N–H and O–H groups in total. The van der Waals surface area contributed by atoms with Crippen LogP contribution in [-0.2, 0) is 11.2 Å². The fourth-order valence-electron chi connectivity index (χ4n) is 3.05. The van der Waals surface area contributed by atoms with Crippen LogP contribution in [0.15, 0.2) is 30.4 Å². The van der Waals surface area contributed by atoms with Gasteiger partial charge in [-0.3, -0.25) is 4.79 Å². The number of hydrogen-bond donors (Lipinski definition) is 0. The number of rotatable bonds is 1. The van der Waals surface area contributed by atoms with Crippen LogP contribution in [-0.4, -0.2) is 12.9 Å². The highest BCUT2D eigenvalue weighted by atomic mass is 16.5. The molecule has 0 saturated heterocycles. The molecule has 0 fully saturated rings. The zero-order valence-corrected chi connectivity index (χ0v) is 9.98. The molecule has 1 aromatic carbocycles. The highest BCUT2D eigenvalue weighted by Gasteiger charge is 2.31. The third-order valence-electron chi connectivity index (χ3n) is 3.96. The Morgan fingerprint density at radius 3 is 3.06 bits per heavy atom. The van der Waals surface area contributed by atoms with Gasteiger partial charge in [0.15, 0.2) is 5.78 Å². The Kier molecular flexibility index (Phi) is 2.50. The Morgan fingerprint density at radius 2 is 2.24 bits per heavy atom. The first-order chi connectivity index (χ1) is 8.28. The molecule has 0 aliphatic heterocycles. The molecule has 1 aromatic rings. The van der Waals surface area contributed by atoms with Gasteiger partial charge >= 0.3 is 0 Å². The van der Waals surface area contributed by atoms with Crippen molar-refractivity contribution in [1.82, 2.24) is 0 Å². The van der Waals surface area contributed by atoms with E-state index in [4.69, 9.17) is 4.74 Å². The van der Waals surface area contributed by atoms with E-state index in [2.05, 4.69) is 18.2 Å². The zero-order chi connectivity index (χ0) is 11.8. The van der Waals surface area contributed by atoms with Crippen LogP contribution < -0.4 is 4.74 Å². The third-order valence-corrected chi connectivity index (χ3v) is 3.96. The van der Waals surface area contributed by atoms with Crippen molar-refractivity contribution in [3.05, 3.63) is 41.5 Å². The minimum absolute atomic E-state index is 0.259. The minimum atomic E-state index is 0.259. The van der Waals surface area contributed by atoms with Crippen LogP contribution in [0.1, 0.15) is 29.9 Å². The lowest BCUT2D eigenvalue weighted by molar-refractivity contribution is -0.115. The number of methoxy groups -OCH3 is 1. The Labute approximate surface area is 101 Å². The summed E-state index contributed by atoms with van der Waals surface area (Å²) < 4.78 is 5.26. The quantitative estimate of drug-likeness (QED) is 0.738. The fraction of sp³-hybridized carbons (Fsp3) is 0.400. The highest BCUT2D eigenvalue weighted by molar-refractivity contribution is 5.91. The molecule has 2 heteroatoms. The third kappa shape index (κ3) is 1.78. The Hall–Kier alpha value is -1.57. The smallest absolute Gasteiger partial charge is 0.156 e. The van der Waals surface area contributed by atoms with Crippen molar-refractivity contribution in [2.75, 3.05) is 7.11 Å². The van der Waals surface area contributed by atoms with Gasteiger partial charge in [0, 0.05) is 6.42 Å². The zero-order valence-electron chi connectivity index (χ0n) is 9.98. The molecule has 0 radical (unpaired) electrons. The van der Waals surface area contributed by atoms with Crippen LogP contribution in [0.25, 0.3) is 0 Å². The van der Waals surface area contributed by atoms with Gasteiger partial charge in [-0.05, 0) is 54.0 Å². The maximum absolute atomic E-state index is 11.5. The molecule has 0 bridgehead atoms. The summed E-state index contributed by atoms with van der Waals surface area (Å²) in [5.41, 5.74) is 2.70. The Bertz CT molecular complexity index is 488. The molecule has 2 unspecified atom stereocenters. The Balaban J connectivity index is 2.01. The van der Waals surface area contributed by atoms with Crippen molar-refractivity contribution in [2.45, 2.75) is 25.2 Å². The maximum Gasteiger partial charge on any atom is 0.156 e. The summed E-state index contributed by atoms with van der Waals surface area (Å²) >= 11 is 0. The van der Waals surface area contributed by atoms with Crippen molar-refractivity contribution < 1.29 is 9.53 Å². The minimum Gasteiger partial charge on any atom is -0.497 e. The van der Waals surface area contributed by atoms with Crippen LogP contribution in [0.5, 0.6) is 5.75 Å². The SMILES string of the molecule is COc1ccc2c(c1)CCC1C=CC(=O)CC21. The van der Waals surface area contributed by atoms with Crippen LogP contribution in [0.4, 0.5) is 0 Å². The van der Waals surface area contributed by atoms with Gasteiger partial charge in [-0.2, -0.15) is 0 Å². The van der Waals surface area contributed by atoms with E-state index in [1.54, 1.807) is 13.2 Å². The lowest BCUT2D eigenvalue weighted by atomic mass is 9.70. The van der Waals surface area contributed by atoms with Crippen LogP contribution in [0, 0.1) is 5.92 Å². The van der Waals surface area contributed by atoms with Gasteiger partial charge in [-0.1, -0.05) is 12.1 Å². The number of hydrogen-bond acceptors (Lipinski definition) is 2. The second-order valence-corrected chi connectivity index (χ2v) is 4.90. The number of benzene rings is 1. The second kappa shape index (κ2) is 4.02. The van der Waals surface area contributed by atoms with E-state index in [9.17, 15) is 4.79 Å². The molecule has 88 valence electrons. The van der Waals surface area contributed by atoms with Gasteiger partial charge in [0.25, 0.3) is 0 Å². The molecular formula is C15H16O2. The largest absolute Gasteiger partial charge is 0.497 e. The number of ether oxygens (including phenoxy) is 1. The van der Waals surface area contributed by atoms with Gasteiger partial charge < -0.3 is 4.74 Å². The monoisotopic (exact) mass is 228 g/mol. The summed E-state index contributed by atoms with van der Waals surface area (Å²) in [6.45, 7) is 0. The molecule has 2 aliphatic carbocycles. The number of carbonyl (C=O) groups excluding carboxylic acids is 1. The number of allylic oxidation sites excluding steroid dienone is 2. The molecule has 0 amide bonds. The predicted octanol–water partition coefficient (Wildman–Crippen LogP) is 2.87. The first-order valence-corrected chi connectivity index (χ1v) is 6.16. The van der Waals surface area contributed by atoms with Gasteiger partial charge in [-0.15, -0.1) is 0 Å². The second-order valence-electron chi connectivity index (χ2n) is 4.90. The molecule has 2 nitrogen and oxygen atoms in total. The first kappa shape index (κ1) is 10.6. The van der Waals surface area contributed by atoms with E-state index >= 15 is 0 Å². The average molecular weight is 228 g/mol. The lowest BCUT2D eigenvalue weighted by Crippen LogP contribution is -2.24. The van der Waals surface area contributed by atoms with E-state index in [1.807, 2.05) is 6.07 Å². The van der Waals surface area contributed by atoms with Crippen LogP contribution in [0.2, 0.25) is 0 Å². The van der Waals surface area contributed by atoms with E-state index < -0.39 is 0 Å². The van der Waals surface area contributed by atoms with Gasteiger partial charge in [0.05, 0.1) is 7.11 Å². The van der Waals surface area contributed by atoms with Crippen molar-refractivity contribution in [3.8, 4) is 5.75 Å². The van der Waals surface area contributed by atoms with Crippen LogP contribution >= 0.6 is 0 Å². The molecule has 0 heterocycles. The summed E-state index contributed by atoms with van der Waals surface area (Å²) in [5.74, 6) is 2.12. The molecule has 17 heavy (non-hydrogen) atoms. The number of carbonyl (C=O) groups is 1. The molecule has 3 rings (SSSR count). The first-order valence-electron chi connectivity index (χ1n) is 6.16. The fourth-order valence-corrected chi connectivity index (χ4v) is 3.05. The van der Waals surface area contributed by atoms with Crippen LogP contribution in [0.3, 0.4) is 0 Å². The maximum atomic E-state index is 11.5. The topological polar surface area (TPSA) is 26.3 Å². The number of aryl methyl sites for hydroxylation is 1. The van der Waals surface area contributed by atoms with Gasteiger partial charge in [-0.25, -0.2) is 0 Å². The number of ketones is 1. The molecule has 0 saturated carbocycles. The molecule has 0 aromatic heterocycles. The van der Waals surface area contributed by atoms with E-state index in [0.29, 0.717) is 18.3 Å². The van der Waals surface area contributed by atoms with Gasteiger partial charge in [0.1, 0.15) is 5.75 Å². The van der Waals surface area contributed by atoms with Gasteiger partial charge in [0.2, 0.25) is 0 Å².